The second kappa shape index (κ2) is 4.40. The van der Waals surface area contributed by atoms with Crippen molar-refractivity contribution in [2.45, 2.75) is 0 Å². The molecule has 0 atom stereocenters. The normalized spacial score (nSPS) is 10.7. The van der Waals surface area contributed by atoms with Crippen LogP contribution in [0, 0.1) is 0 Å². The Bertz CT molecular complexity index is 720. The maximum atomic E-state index is 12.0. The number of anilines is 1. The fourth-order valence-corrected chi connectivity index (χ4v) is 2.48. The molecule has 5 nitrogen and oxygen atoms in total. The summed E-state index contributed by atoms with van der Waals surface area (Å²) in [6, 6.07) is 6.83. The number of hydrogen-bond donors (Lipinski definition) is 1. The summed E-state index contributed by atoms with van der Waals surface area (Å²) in [5, 5.41) is 6.86. The van der Waals surface area contributed by atoms with Crippen LogP contribution >= 0.6 is 22.9 Å². The molecule has 0 bridgehead atoms. The van der Waals surface area contributed by atoms with Gasteiger partial charge in [-0.1, -0.05) is 11.6 Å². The maximum Gasteiger partial charge on any atom is 0.266 e. The molecule has 0 fully saturated rings. The van der Waals surface area contributed by atoms with Crippen molar-refractivity contribution in [3.8, 4) is 0 Å². The Hall–Kier alpha value is -1.92. The van der Waals surface area contributed by atoms with Crippen molar-refractivity contribution < 1.29 is 4.79 Å². The van der Waals surface area contributed by atoms with Gasteiger partial charge < -0.3 is 5.32 Å². The Labute approximate surface area is 111 Å². The Morgan fingerprint density at radius 2 is 2.17 bits per heavy atom. The van der Waals surface area contributed by atoms with Gasteiger partial charge in [0.1, 0.15) is 5.82 Å². The molecule has 3 heterocycles. The number of hydrogen-bond acceptors (Lipinski definition) is 4. The van der Waals surface area contributed by atoms with Gasteiger partial charge in [0, 0.05) is 12.3 Å². The lowest BCUT2D eigenvalue weighted by Gasteiger charge is -2.05. The number of thiophene rings is 1. The number of aromatic nitrogens is 3. The molecule has 0 saturated carbocycles. The summed E-state index contributed by atoms with van der Waals surface area (Å²) in [4.78, 5) is 16.6. The van der Waals surface area contributed by atoms with Crippen molar-refractivity contribution in [1.29, 1.82) is 0 Å². The van der Waals surface area contributed by atoms with Gasteiger partial charge in [0.15, 0.2) is 5.65 Å². The first-order valence-electron chi connectivity index (χ1n) is 5.09. The van der Waals surface area contributed by atoms with E-state index in [1.165, 1.54) is 11.3 Å². The van der Waals surface area contributed by atoms with Gasteiger partial charge in [-0.2, -0.15) is 9.61 Å². The quantitative estimate of drug-likeness (QED) is 0.784. The standard InChI is InChI=1S/C11H7ClN4OS/c12-8-2-1-7(18-8)11(17)15-10-3-5-13-9-4-6-14-16(9)10/h1-6H,(H,15,17). The second-order valence-corrected chi connectivity index (χ2v) is 5.20. The summed E-state index contributed by atoms with van der Waals surface area (Å²) in [6.45, 7) is 0. The summed E-state index contributed by atoms with van der Waals surface area (Å²) in [5.41, 5.74) is 0.678. The second-order valence-electron chi connectivity index (χ2n) is 3.49. The predicted octanol–water partition coefficient (Wildman–Crippen LogP) is 2.70. The first-order chi connectivity index (χ1) is 8.74. The average molecular weight is 279 g/mol. The Morgan fingerprint density at radius 1 is 1.28 bits per heavy atom. The van der Waals surface area contributed by atoms with Crippen molar-refractivity contribution in [2.24, 2.45) is 0 Å². The van der Waals surface area contributed by atoms with Gasteiger partial charge in [0.25, 0.3) is 5.91 Å². The lowest BCUT2D eigenvalue weighted by molar-refractivity contribution is 0.103. The molecule has 0 radical (unpaired) electrons. The molecule has 7 heteroatoms. The first kappa shape index (κ1) is 11.2. The molecular formula is C11H7ClN4OS. The van der Waals surface area contributed by atoms with Crippen molar-refractivity contribution in [1.82, 2.24) is 14.6 Å². The number of carbonyl (C=O) groups is 1. The van der Waals surface area contributed by atoms with Gasteiger partial charge >= 0.3 is 0 Å². The molecule has 0 aliphatic rings. The molecule has 1 amide bonds. The summed E-state index contributed by atoms with van der Waals surface area (Å²) < 4.78 is 2.15. The van der Waals surface area contributed by atoms with Crippen molar-refractivity contribution in [2.75, 3.05) is 5.32 Å². The van der Waals surface area contributed by atoms with E-state index < -0.39 is 0 Å². The molecule has 3 aromatic rings. The zero-order chi connectivity index (χ0) is 12.5. The Morgan fingerprint density at radius 3 is 2.94 bits per heavy atom. The van der Waals surface area contributed by atoms with Gasteiger partial charge in [0.05, 0.1) is 15.4 Å². The van der Waals surface area contributed by atoms with E-state index >= 15 is 0 Å². The molecule has 0 aliphatic carbocycles. The number of amides is 1. The van der Waals surface area contributed by atoms with E-state index in [0.717, 1.165) is 0 Å². The summed E-state index contributed by atoms with van der Waals surface area (Å²) >= 11 is 7.03. The van der Waals surface area contributed by atoms with Crippen LogP contribution in [0.25, 0.3) is 5.65 Å². The predicted molar refractivity (Wildman–Crippen MR) is 70.3 cm³/mol. The molecule has 0 spiro atoms. The molecule has 3 aromatic heterocycles. The molecule has 0 unspecified atom stereocenters. The van der Waals surface area contributed by atoms with Crippen LogP contribution < -0.4 is 5.32 Å². The number of carbonyl (C=O) groups excluding carboxylic acids is 1. The van der Waals surface area contributed by atoms with Gasteiger partial charge in [-0.15, -0.1) is 11.3 Å². The molecule has 0 aliphatic heterocycles. The number of nitrogens with one attached hydrogen (secondary N) is 1. The van der Waals surface area contributed by atoms with Crippen LogP contribution in [0.15, 0.2) is 36.7 Å². The maximum absolute atomic E-state index is 12.0. The van der Waals surface area contributed by atoms with Gasteiger partial charge in [-0.25, -0.2) is 4.98 Å². The zero-order valence-corrected chi connectivity index (χ0v) is 10.6. The molecule has 3 rings (SSSR count). The van der Waals surface area contributed by atoms with E-state index in [2.05, 4.69) is 15.4 Å². The van der Waals surface area contributed by atoms with Crippen LogP contribution in [-0.2, 0) is 0 Å². The monoisotopic (exact) mass is 278 g/mol. The van der Waals surface area contributed by atoms with Gasteiger partial charge in [0.2, 0.25) is 0 Å². The fraction of sp³-hybridized carbons (Fsp3) is 0. The molecule has 90 valence electrons. The minimum absolute atomic E-state index is 0.213. The lowest BCUT2D eigenvalue weighted by Crippen LogP contribution is -2.13. The van der Waals surface area contributed by atoms with E-state index in [9.17, 15) is 4.79 Å². The van der Waals surface area contributed by atoms with E-state index in [1.807, 2.05) is 0 Å². The van der Waals surface area contributed by atoms with Crippen molar-refractivity contribution in [3.63, 3.8) is 0 Å². The number of rotatable bonds is 2. The smallest absolute Gasteiger partial charge is 0.266 e. The molecule has 18 heavy (non-hydrogen) atoms. The van der Waals surface area contributed by atoms with E-state index in [-0.39, 0.29) is 5.91 Å². The van der Waals surface area contributed by atoms with Crippen LogP contribution in [0.4, 0.5) is 5.82 Å². The van der Waals surface area contributed by atoms with Gasteiger partial charge in [-0.05, 0) is 18.2 Å². The van der Waals surface area contributed by atoms with Crippen LogP contribution in [-0.4, -0.2) is 20.5 Å². The van der Waals surface area contributed by atoms with Crippen molar-refractivity contribution >= 4 is 40.3 Å². The summed E-state index contributed by atoms with van der Waals surface area (Å²) in [6.07, 6.45) is 3.24. The third-order valence-electron chi connectivity index (χ3n) is 2.33. The van der Waals surface area contributed by atoms with Crippen LogP contribution in [0.1, 0.15) is 9.67 Å². The molecular weight excluding hydrogens is 272 g/mol. The summed E-state index contributed by atoms with van der Waals surface area (Å²) in [7, 11) is 0. The highest BCUT2D eigenvalue weighted by molar-refractivity contribution is 7.18. The fourth-order valence-electron chi connectivity index (χ4n) is 1.54. The number of fused-ring (bicyclic) bond motifs is 1. The van der Waals surface area contributed by atoms with Crippen LogP contribution in [0.2, 0.25) is 4.34 Å². The topological polar surface area (TPSA) is 59.3 Å². The number of halogens is 1. The third-order valence-corrected chi connectivity index (χ3v) is 3.56. The average Bonchev–Trinajstić information content (AvgIpc) is 2.97. The highest BCUT2D eigenvalue weighted by Gasteiger charge is 2.11. The molecule has 0 aromatic carbocycles. The van der Waals surface area contributed by atoms with E-state index in [4.69, 9.17) is 11.6 Å². The number of nitrogens with zero attached hydrogens (tertiary/aromatic N) is 3. The lowest BCUT2D eigenvalue weighted by atomic mass is 10.4. The highest BCUT2D eigenvalue weighted by Crippen LogP contribution is 2.22. The van der Waals surface area contributed by atoms with Crippen LogP contribution in [0.3, 0.4) is 0 Å². The minimum Gasteiger partial charge on any atom is -0.306 e. The molecule has 1 N–H and O–H groups in total. The first-order valence-corrected chi connectivity index (χ1v) is 6.29. The van der Waals surface area contributed by atoms with E-state index in [0.29, 0.717) is 20.7 Å². The third kappa shape index (κ3) is 1.96. The van der Waals surface area contributed by atoms with E-state index in [1.54, 1.807) is 41.2 Å². The van der Waals surface area contributed by atoms with Crippen molar-refractivity contribution in [3.05, 3.63) is 45.9 Å². The highest BCUT2D eigenvalue weighted by atomic mass is 35.5. The summed E-state index contributed by atoms with van der Waals surface area (Å²) in [5.74, 6) is 0.356. The Kier molecular flexibility index (Phi) is 2.73. The zero-order valence-electron chi connectivity index (χ0n) is 9.00. The largest absolute Gasteiger partial charge is 0.306 e. The Balaban J connectivity index is 1.92. The van der Waals surface area contributed by atoms with Crippen LogP contribution in [0.5, 0.6) is 0 Å². The SMILES string of the molecule is O=C(Nc1ccnc2ccnn12)c1ccc(Cl)s1. The minimum atomic E-state index is -0.213. The molecule has 0 saturated heterocycles. The van der Waals surface area contributed by atoms with Gasteiger partial charge in [-0.3, -0.25) is 4.79 Å².